The first-order chi connectivity index (χ1) is 14.8. The number of hydrogen-bond donors (Lipinski definition) is 5. The molecule has 0 saturated carbocycles. The van der Waals surface area contributed by atoms with Crippen molar-refractivity contribution in [2.75, 3.05) is 13.6 Å². The van der Waals surface area contributed by atoms with Crippen molar-refractivity contribution in [3.8, 4) is 0 Å². The molecule has 31 heavy (non-hydrogen) atoms. The molecule has 0 bridgehead atoms. The van der Waals surface area contributed by atoms with Crippen LogP contribution in [-0.2, 0) is 6.54 Å². The Labute approximate surface area is 187 Å². The fraction of sp³-hybridized carbons (Fsp3) is 0.320. The van der Waals surface area contributed by atoms with Crippen molar-refractivity contribution in [2.24, 2.45) is 17.2 Å². The quantitative estimate of drug-likeness (QED) is 0.203. The number of likely N-dealkylation sites (N-methyl/N-ethyl adjacent to an activating group) is 1. The molecule has 1 fully saturated rings. The van der Waals surface area contributed by atoms with Crippen molar-refractivity contribution in [3.63, 3.8) is 0 Å². The number of nitrogens with zero attached hydrogens (tertiary/aromatic N) is 1. The third-order valence-electron chi connectivity index (χ3n) is 4.83. The number of amidine groups is 1. The van der Waals surface area contributed by atoms with Gasteiger partial charge in [0.1, 0.15) is 0 Å². The zero-order valence-corrected chi connectivity index (χ0v) is 18.6. The van der Waals surface area contributed by atoms with E-state index < -0.39 is 0 Å². The van der Waals surface area contributed by atoms with Crippen LogP contribution < -0.4 is 22.5 Å². The minimum atomic E-state index is -0.341. The van der Waals surface area contributed by atoms with Crippen LogP contribution in [-0.4, -0.2) is 30.4 Å². The van der Waals surface area contributed by atoms with E-state index in [0.717, 1.165) is 17.8 Å². The van der Waals surface area contributed by atoms with Crippen LogP contribution in [0.15, 0.2) is 85.6 Å². The van der Waals surface area contributed by atoms with Crippen molar-refractivity contribution in [1.29, 1.82) is 5.41 Å². The molecule has 0 aliphatic carbocycles. The zero-order valence-electron chi connectivity index (χ0n) is 18.6. The van der Waals surface area contributed by atoms with Gasteiger partial charge < -0.3 is 22.5 Å². The van der Waals surface area contributed by atoms with Gasteiger partial charge in [-0.1, -0.05) is 73.3 Å². The highest BCUT2D eigenvalue weighted by molar-refractivity contribution is 5.78. The Hall–Kier alpha value is -2.93. The summed E-state index contributed by atoms with van der Waals surface area (Å²) in [4.78, 5) is 2.38. The molecule has 1 aliphatic heterocycles. The molecule has 2 aromatic rings. The number of likely N-dealkylation sites (tertiary alicyclic amines) is 1. The highest BCUT2D eigenvalue weighted by atomic mass is 15.2. The second-order valence-electron chi connectivity index (χ2n) is 7.46. The predicted molar refractivity (Wildman–Crippen MR) is 132 cm³/mol. The van der Waals surface area contributed by atoms with E-state index >= 15 is 0 Å². The van der Waals surface area contributed by atoms with Crippen LogP contribution in [0.3, 0.4) is 0 Å². The maximum absolute atomic E-state index is 6.60. The summed E-state index contributed by atoms with van der Waals surface area (Å²) in [7, 11) is 2.17. The first-order valence-corrected chi connectivity index (χ1v) is 10.5. The van der Waals surface area contributed by atoms with Crippen LogP contribution in [0.2, 0.25) is 0 Å². The van der Waals surface area contributed by atoms with E-state index in [9.17, 15) is 0 Å². The average Bonchev–Trinajstić information content (AvgIpc) is 3.20. The molecule has 0 amide bonds. The molecule has 1 aliphatic rings. The van der Waals surface area contributed by atoms with Gasteiger partial charge >= 0.3 is 0 Å². The molecule has 168 valence electrons. The van der Waals surface area contributed by atoms with Gasteiger partial charge in [0.2, 0.25) is 0 Å². The Bertz CT molecular complexity index is 773. The van der Waals surface area contributed by atoms with Crippen LogP contribution in [0.1, 0.15) is 36.6 Å². The second-order valence-corrected chi connectivity index (χ2v) is 7.46. The minimum absolute atomic E-state index is 0.171. The summed E-state index contributed by atoms with van der Waals surface area (Å²) in [5.74, 6) is 0.171. The number of rotatable bonds is 7. The lowest BCUT2D eigenvalue weighted by atomic mass is 10.1. The first kappa shape index (κ1) is 26.1. The topological polar surface area (TPSA) is 117 Å². The Morgan fingerprint density at radius 2 is 1.74 bits per heavy atom. The largest absolute Gasteiger partial charge is 0.387 e. The number of hydrogen-bond acceptors (Lipinski definition) is 5. The van der Waals surface area contributed by atoms with Gasteiger partial charge in [-0.2, -0.15) is 0 Å². The summed E-state index contributed by atoms with van der Waals surface area (Å²) in [6.07, 6.45) is 4.28. The number of nitrogens with one attached hydrogen (secondary N) is 2. The summed E-state index contributed by atoms with van der Waals surface area (Å²) in [5, 5.41) is 10.0. The summed E-state index contributed by atoms with van der Waals surface area (Å²) in [6.45, 7) is 9.60. The van der Waals surface area contributed by atoms with Gasteiger partial charge in [0.05, 0.1) is 12.0 Å². The molecule has 1 atom stereocenters. The highest BCUT2D eigenvalue weighted by Gasteiger charge is 2.22. The molecule has 2 aromatic carbocycles. The van der Waals surface area contributed by atoms with Crippen molar-refractivity contribution in [3.05, 3.63) is 96.7 Å². The second kappa shape index (κ2) is 15.0. The lowest BCUT2D eigenvalue weighted by Crippen LogP contribution is -2.32. The van der Waals surface area contributed by atoms with Gasteiger partial charge in [-0.15, -0.1) is 6.58 Å². The first-order valence-electron chi connectivity index (χ1n) is 10.5. The smallest absolute Gasteiger partial charge is 0.0943 e. The minimum Gasteiger partial charge on any atom is -0.387 e. The van der Waals surface area contributed by atoms with Crippen molar-refractivity contribution >= 4 is 5.84 Å². The van der Waals surface area contributed by atoms with Crippen LogP contribution in [0.25, 0.3) is 0 Å². The van der Waals surface area contributed by atoms with E-state index in [1.165, 1.54) is 24.9 Å². The maximum atomic E-state index is 6.60. The molecular weight excluding hydrogens is 384 g/mol. The molecule has 3 rings (SSSR count). The standard InChI is InChI=1S/C14H20N2.C7H10N2.C4H8N2/c1-12(14-9-6-10-16(14)2)15-11-13-7-4-3-5-8-13;8-7(9)6-4-2-1-3-5-6;1-2-3-4(5)6/h3-5,7-8,14-15H,1,6,9-11H2,2H3;1-5,7H,8-9H2;2H,1,3H2,(H3,5,6). The Balaban J connectivity index is 0.000000270. The molecule has 6 heteroatoms. The normalized spacial score (nSPS) is 15.2. The van der Waals surface area contributed by atoms with Gasteiger partial charge in [0.15, 0.2) is 0 Å². The summed E-state index contributed by atoms with van der Waals surface area (Å²) < 4.78 is 0. The average molecular weight is 423 g/mol. The SMILES string of the molecule is C=C(NCc1ccccc1)C1CCCN1C.C=CCC(=N)N.NC(N)c1ccccc1. The fourth-order valence-electron chi connectivity index (χ4n) is 3.11. The molecule has 1 heterocycles. The maximum Gasteiger partial charge on any atom is 0.0943 e. The molecule has 8 N–H and O–H groups in total. The third-order valence-corrected chi connectivity index (χ3v) is 4.83. The van der Waals surface area contributed by atoms with E-state index in [1.807, 2.05) is 36.4 Å². The van der Waals surface area contributed by atoms with E-state index in [0.29, 0.717) is 12.5 Å². The Morgan fingerprint density at radius 3 is 2.13 bits per heavy atom. The summed E-state index contributed by atoms with van der Waals surface area (Å²) in [6, 6.07) is 20.6. The molecule has 1 unspecified atom stereocenters. The predicted octanol–water partition coefficient (Wildman–Crippen LogP) is 3.49. The summed E-state index contributed by atoms with van der Waals surface area (Å²) in [5.41, 5.74) is 19.1. The number of nitrogens with two attached hydrogens (primary N) is 3. The fourth-order valence-corrected chi connectivity index (χ4v) is 3.11. The number of benzene rings is 2. The molecule has 0 radical (unpaired) electrons. The molecule has 0 aromatic heterocycles. The van der Waals surface area contributed by atoms with Crippen LogP contribution in [0.5, 0.6) is 0 Å². The van der Waals surface area contributed by atoms with Crippen molar-refractivity contribution < 1.29 is 0 Å². The lowest BCUT2D eigenvalue weighted by molar-refractivity contribution is 0.334. The van der Waals surface area contributed by atoms with Gasteiger partial charge in [0, 0.05) is 24.7 Å². The van der Waals surface area contributed by atoms with Crippen molar-refractivity contribution in [1.82, 2.24) is 10.2 Å². The van der Waals surface area contributed by atoms with Crippen LogP contribution in [0.4, 0.5) is 0 Å². The van der Waals surface area contributed by atoms with Gasteiger partial charge in [-0.05, 0) is 37.6 Å². The van der Waals surface area contributed by atoms with E-state index in [-0.39, 0.29) is 12.0 Å². The van der Waals surface area contributed by atoms with Crippen LogP contribution in [0, 0.1) is 5.41 Å². The van der Waals surface area contributed by atoms with Gasteiger partial charge in [-0.3, -0.25) is 10.3 Å². The van der Waals surface area contributed by atoms with Crippen LogP contribution >= 0.6 is 0 Å². The monoisotopic (exact) mass is 422 g/mol. The highest BCUT2D eigenvalue weighted by Crippen LogP contribution is 2.19. The van der Waals surface area contributed by atoms with Gasteiger partial charge in [-0.25, -0.2) is 0 Å². The Kier molecular flexibility index (Phi) is 12.6. The zero-order chi connectivity index (χ0) is 23.1. The molecule has 1 saturated heterocycles. The molecule has 6 nitrogen and oxygen atoms in total. The molecule has 0 spiro atoms. The van der Waals surface area contributed by atoms with E-state index in [4.69, 9.17) is 22.6 Å². The lowest BCUT2D eigenvalue weighted by Gasteiger charge is -2.22. The third kappa shape index (κ3) is 11.1. The van der Waals surface area contributed by atoms with Gasteiger partial charge in [0.25, 0.3) is 0 Å². The summed E-state index contributed by atoms with van der Waals surface area (Å²) >= 11 is 0. The van der Waals surface area contributed by atoms with E-state index in [1.54, 1.807) is 6.08 Å². The Morgan fingerprint density at radius 1 is 1.16 bits per heavy atom. The van der Waals surface area contributed by atoms with Crippen molar-refractivity contribution in [2.45, 2.75) is 38.0 Å². The molecular formula is C25H38N6. The van der Waals surface area contributed by atoms with E-state index in [2.05, 4.69) is 54.7 Å².